The molecule has 0 bridgehead atoms. The van der Waals surface area contributed by atoms with Crippen LogP contribution in [0.3, 0.4) is 0 Å². The number of hydrogen-bond acceptors (Lipinski definition) is 3. The minimum atomic E-state index is -0.271. The van der Waals surface area contributed by atoms with Gasteiger partial charge in [0.1, 0.15) is 0 Å². The molecule has 0 aliphatic heterocycles. The lowest BCUT2D eigenvalue weighted by atomic mass is 10.3. The second-order valence-corrected chi connectivity index (χ2v) is 4.74. The predicted molar refractivity (Wildman–Crippen MR) is 73.1 cm³/mol. The van der Waals surface area contributed by atoms with Crippen molar-refractivity contribution in [3.63, 3.8) is 0 Å². The van der Waals surface area contributed by atoms with E-state index in [0.29, 0.717) is 11.6 Å². The van der Waals surface area contributed by atoms with Crippen LogP contribution in [0.25, 0.3) is 0 Å². The summed E-state index contributed by atoms with van der Waals surface area (Å²) in [5.41, 5.74) is 1.37. The third-order valence-corrected chi connectivity index (χ3v) is 3.17. The number of rotatable bonds is 2. The second-order valence-electron chi connectivity index (χ2n) is 3.58. The molecule has 0 atom stereocenters. The van der Waals surface area contributed by atoms with E-state index in [0.717, 1.165) is 9.26 Å². The van der Waals surface area contributed by atoms with Gasteiger partial charge in [-0.05, 0) is 41.6 Å². The summed E-state index contributed by atoms with van der Waals surface area (Å²) >= 11 is 2.17. The van der Waals surface area contributed by atoms with Gasteiger partial charge in [-0.25, -0.2) is 4.98 Å². The van der Waals surface area contributed by atoms with E-state index in [1.165, 1.54) is 0 Å². The minimum absolute atomic E-state index is 0.266. The molecule has 0 spiro atoms. The molecule has 4 nitrogen and oxygen atoms in total. The van der Waals surface area contributed by atoms with Crippen molar-refractivity contribution in [2.24, 2.45) is 0 Å². The Bertz CT molecular complexity index is 563. The predicted octanol–water partition coefficient (Wildman–Crippen LogP) is 3.15. The minimum Gasteiger partial charge on any atom is -0.436 e. The van der Waals surface area contributed by atoms with Crippen molar-refractivity contribution in [2.45, 2.75) is 13.8 Å². The average molecular weight is 342 g/mol. The molecule has 0 aliphatic rings. The second kappa shape index (κ2) is 4.87. The van der Waals surface area contributed by atoms with Gasteiger partial charge >= 0.3 is 0 Å². The fourth-order valence-electron chi connectivity index (χ4n) is 1.48. The Morgan fingerprint density at radius 2 is 2.06 bits per heavy atom. The van der Waals surface area contributed by atoms with Gasteiger partial charge in [0.05, 0.1) is 11.4 Å². The molecule has 1 amide bonds. The van der Waals surface area contributed by atoms with Gasteiger partial charge in [-0.2, -0.15) is 0 Å². The number of carbonyl (C=O) groups excluding carboxylic acids is 1. The summed E-state index contributed by atoms with van der Waals surface area (Å²) in [5, 5.41) is 2.80. The number of aryl methyl sites for hydroxylation is 2. The third-order valence-electron chi connectivity index (χ3n) is 2.23. The first kappa shape index (κ1) is 12.1. The molecule has 1 N–H and O–H groups in total. The first-order chi connectivity index (χ1) is 8.08. The van der Waals surface area contributed by atoms with Gasteiger partial charge in [0.15, 0.2) is 5.89 Å². The average Bonchev–Trinajstić information content (AvgIpc) is 2.61. The standard InChI is InChI=1S/C12H11IN2O2/c1-7-11(17-8(2)14-7)12(16)15-10-6-4-3-5-9(10)13/h3-6H,1-2H3,(H,15,16). The normalized spacial score (nSPS) is 10.3. The number of aromatic nitrogens is 1. The molecule has 0 aliphatic carbocycles. The Morgan fingerprint density at radius 3 is 2.65 bits per heavy atom. The number of carbonyl (C=O) groups is 1. The van der Waals surface area contributed by atoms with Crippen LogP contribution < -0.4 is 5.32 Å². The Kier molecular flexibility index (Phi) is 3.46. The monoisotopic (exact) mass is 342 g/mol. The smallest absolute Gasteiger partial charge is 0.293 e. The summed E-state index contributed by atoms with van der Waals surface area (Å²) < 4.78 is 6.24. The van der Waals surface area contributed by atoms with E-state index in [1.807, 2.05) is 24.3 Å². The van der Waals surface area contributed by atoms with Crippen LogP contribution in [0.4, 0.5) is 5.69 Å². The van der Waals surface area contributed by atoms with Crippen LogP contribution in [0.1, 0.15) is 22.1 Å². The van der Waals surface area contributed by atoms with Gasteiger partial charge in [0, 0.05) is 10.5 Å². The summed E-state index contributed by atoms with van der Waals surface area (Å²) in [6, 6.07) is 7.56. The van der Waals surface area contributed by atoms with E-state index in [4.69, 9.17) is 4.42 Å². The first-order valence-electron chi connectivity index (χ1n) is 5.08. The number of anilines is 1. The lowest BCUT2D eigenvalue weighted by Gasteiger charge is -2.05. The number of benzene rings is 1. The molecular formula is C12H11IN2O2. The number of para-hydroxylation sites is 1. The molecular weight excluding hydrogens is 331 g/mol. The topological polar surface area (TPSA) is 55.1 Å². The van der Waals surface area contributed by atoms with Gasteiger partial charge in [-0.3, -0.25) is 4.79 Å². The highest BCUT2D eigenvalue weighted by atomic mass is 127. The highest BCUT2D eigenvalue weighted by Crippen LogP contribution is 2.19. The van der Waals surface area contributed by atoms with Crippen molar-refractivity contribution < 1.29 is 9.21 Å². The van der Waals surface area contributed by atoms with Gasteiger partial charge in [-0.1, -0.05) is 12.1 Å². The fourth-order valence-corrected chi connectivity index (χ4v) is 2.01. The Hall–Kier alpha value is -1.37. The van der Waals surface area contributed by atoms with E-state index in [2.05, 4.69) is 32.9 Å². The summed E-state index contributed by atoms with van der Waals surface area (Å²) in [7, 11) is 0. The van der Waals surface area contributed by atoms with E-state index < -0.39 is 0 Å². The molecule has 88 valence electrons. The molecule has 17 heavy (non-hydrogen) atoms. The molecule has 0 unspecified atom stereocenters. The van der Waals surface area contributed by atoms with Crippen LogP contribution in [0.15, 0.2) is 28.7 Å². The SMILES string of the molecule is Cc1nc(C)c(C(=O)Nc2ccccc2I)o1. The maximum absolute atomic E-state index is 12.0. The van der Waals surface area contributed by atoms with Crippen LogP contribution in [0.2, 0.25) is 0 Å². The van der Waals surface area contributed by atoms with E-state index >= 15 is 0 Å². The highest BCUT2D eigenvalue weighted by Gasteiger charge is 2.16. The highest BCUT2D eigenvalue weighted by molar-refractivity contribution is 14.1. The van der Waals surface area contributed by atoms with Gasteiger partial charge in [0.2, 0.25) is 5.76 Å². The van der Waals surface area contributed by atoms with Crippen molar-refractivity contribution in [2.75, 3.05) is 5.32 Å². The molecule has 1 aromatic carbocycles. The van der Waals surface area contributed by atoms with Gasteiger partial charge in [-0.15, -0.1) is 0 Å². The Labute approximate surface area is 113 Å². The maximum Gasteiger partial charge on any atom is 0.293 e. The quantitative estimate of drug-likeness (QED) is 0.853. The molecule has 2 rings (SSSR count). The Balaban J connectivity index is 2.23. The molecule has 2 aromatic rings. The van der Waals surface area contributed by atoms with Crippen molar-refractivity contribution >= 4 is 34.2 Å². The van der Waals surface area contributed by atoms with Crippen LogP contribution in [0.5, 0.6) is 0 Å². The van der Waals surface area contributed by atoms with Crippen molar-refractivity contribution in [1.29, 1.82) is 0 Å². The lowest BCUT2D eigenvalue weighted by Crippen LogP contribution is -2.13. The van der Waals surface area contributed by atoms with Crippen molar-refractivity contribution in [3.8, 4) is 0 Å². The van der Waals surface area contributed by atoms with Crippen molar-refractivity contribution in [1.82, 2.24) is 4.98 Å². The summed E-state index contributed by atoms with van der Waals surface area (Å²) in [5.74, 6) is 0.491. The van der Waals surface area contributed by atoms with E-state index in [-0.39, 0.29) is 11.7 Å². The number of amides is 1. The van der Waals surface area contributed by atoms with Crippen molar-refractivity contribution in [3.05, 3.63) is 45.2 Å². The number of nitrogens with zero attached hydrogens (tertiary/aromatic N) is 1. The van der Waals surface area contributed by atoms with Crippen LogP contribution in [-0.2, 0) is 0 Å². The molecule has 0 fully saturated rings. The summed E-state index contributed by atoms with van der Waals surface area (Å²) in [6.45, 7) is 3.47. The van der Waals surface area contributed by atoms with Crippen LogP contribution in [-0.4, -0.2) is 10.9 Å². The molecule has 0 saturated carbocycles. The maximum atomic E-state index is 12.0. The number of oxazole rings is 1. The van der Waals surface area contributed by atoms with Crippen LogP contribution >= 0.6 is 22.6 Å². The largest absolute Gasteiger partial charge is 0.436 e. The van der Waals surface area contributed by atoms with E-state index in [9.17, 15) is 4.79 Å². The lowest BCUT2D eigenvalue weighted by molar-refractivity contribution is 0.0994. The zero-order chi connectivity index (χ0) is 12.4. The number of nitrogens with one attached hydrogen (secondary N) is 1. The van der Waals surface area contributed by atoms with Gasteiger partial charge < -0.3 is 9.73 Å². The van der Waals surface area contributed by atoms with E-state index in [1.54, 1.807) is 13.8 Å². The molecule has 0 radical (unpaired) electrons. The molecule has 1 heterocycles. The Morgan fingerprint density at radius 1 is 1.35 bits per heavy atom. The summed E-state index contributed by atoms with van der Waals surface area (Å²) in [4.78, 5) is 16.0. The molecule has 5 heteroatoms. The van der Waals surface area contributed by atoms with Gasteiger partial charge in [0.25, 0.3) is 5.91 Å². The number of halogens is 1. The van der Waals surface area contributed by atoms with Crippen LogP contribution in [0, 0.1) is 17.4 Å². The molecule has 1 aromatic heterocycles. The first-order valence-corrected chi connectivity index (χ1v) is 6.15. The third kappa shape index (κ3) is 2.66. The zero-order valence-electron chi connectivity index (χ0n) is 9.45. The zero-order valence-corrected chi connectivity index (χ0v) is 11.6. The summed E-state index contributed by atoms with van der Waals surface area (Å²) in [6.07, 6.45) is 0. The number of hydrogen-bond donors (Lipinski definition) is 1. The fraction of sp³-hybridized carbons (Fsp3) is 0.167. The molecule has 0 saturated heterocycles.